The standard InChI is InChI=1S/C18H24O2.C3H8.C2H6.CH4/c1-4-6-8-16-12-20-18-13-17(16,18)10-14(11-19-3)9-15(18)7-5-2;1-3-2;1-2;/h4,6,8-10H,5,7,11-13H2,1-3H3;3H2,1-2H3;1-2H3;1H4/b6-4-,16-8+;;;. The Hall–Kier alpha value is -1.12. The average Bonchev–Trinajstić information content (AvgIpc) is 3.19. The molecule has 0 bridgehead atoms. The van der Waals surface area contributed by atoms with Gasteiger partial charge in [0.05, 0.1) is 13.2 Å². The van der Waals surface area contributed by atoms with Gasteiger partial charge in [-0.25, -0.2) is 0 Å². The highest BCUT2D eigenvalue weighted by atomic mass is 16.5. The molecular formula is C24H42O2. The van der Waals surface area contributed by atoms with Gasteiger partial charge in [0.15, 0.2) is 0 Å². The van der Waals surface area contributed by atoms with Crippen molar-refractivity contribution < 1.29 is 9.47 Å². The van der Waals surface area contributed by atoms with Crippen LogP contribution >= 0.6 is 0 Å². The molecule has 0 N–H and O–H groups in total. The fraction of sp³-hybridized carbons (Fsp3) is 0.667. The predicted octanol–water partition coefficient (Wildman–Crippen LogP) is 7.04. The van der Waals surface area contributed by atoms with E-state index in [9.17, 15) is 0 Å². The van der Waals surface area contributed by atoms with Gasteiger partial charge in [0.2, 0.25) is 0 Å². The zero-order valence-corrected chi connectivity index (χ0v) is 17.4. The molecule has 150 valence electrons. The molecule has 0 aromatic heterocycles. The Bertz CT molecular complexity index is 538. The summed E-state index contributed by atoms with van der Waals surface area (Å²) in [5.74, 6) is 0. The monoisotopic (exact) mass is 362 g/mol. The van der Waals surface area contributed by atoms with E-state index in [2.05, 4.69) is 58.1 Å². The topological polar surface area (TPSA) is 18.5 Å². The lowest BCUT2D eigenvalue weighted by Gasteiger charge is -2.24. The third-order valence-corrected chi connectivity index (χ3v) is 4.80. The molecule has 3 aliphatic rings. The highest BCUT2D eigenvalue weighted by Gasteiger charge is 2.75. The Morgan fingerprint density at radius 3 is 2.42 bits per heavy atom. The second-order valence-corrected chi connectivity index (χ2v) is 6.76. The number of allylic oxidation sites excluding steroid dienone is 3. The van der Waals surface area contributed by atoms with Crippen molar-refractivity contribution in [2.24, 2.45) is 5.41 Å². The third kappa shape index (κ3) is 4.58. The largest absolute Gasteiger partial charge is 0.380 e. The van der Waals surface area contributed by atoms with E-state index < -0.39 is 0 Å². The lowest BCUT2D eigenvalue weighted by atomic mass is 9.83. The molecule has 0 aromatic rings. The molecule has 2 nitrogen and oxygen atoms in total. The first-order valence-electron chi connectivity index (χ1n) is 10.0. The van der Waals surface area contributed by atoms with Crippen LogP contribution in [0.2, 0.25) is 0 Å². The van der Waals surface area contributed by atoms with Crippen LogP contribution in [0.4, 0.5) is 0 Å². The van der Waals surface area contributed by atoms with Crippen LogP contribution in [0.25, 0.3) is 0 Å². The van der Waals surface area contributed by atoms with Gasteiger partial charge in [0.1, 0.15) is 5.60 Å². The third-order valence-electron chi connectivity index (χ3n) is 4.80. The Balaban J connectivity index is 0.000000949. The molecule has 1 saturated heterocycles. The minimum absolute atomic E-state index is 0. The highest BCUT2D eigenvalue weighted by molar-refractivity contribution is 5.58. The van der Waals surface area contributed by atoms with Gasteiger partial charge in [-0.1, -0.05) is 85.3 Å². The molecule has 0 amide bonds. The van der Waals surface area contributed by atoms with Crippen LogP contribution in [0.15, 0.2) is 47.1 Å². The highest BCUT2D eigenvalue weighted by Crippen LogP contribution is 2.73. The van der Waals surface area contributed by atoms with Crippen molar-refractivity contribution in [1.82, 2.24) is 0 Å². The van der Waals surface area contributed by atoms with E-state index in [1.807, 2.05) is 13.8 Å². The fourth-order valence-electron chi connectivity index (χ4n) is 3.89. The Morgan fingerprint density at radius 1 is 1.23 bits per heavy atom. The molecule has 3 rings (SSSR count). The summed E-state index contributed by atoms with van der Waals surface area (Å²) >= 11 is 0. The summed E-state index contributed by atoms with van der Waals surface area (Å²) in [7, 11) is 1.77. The molecule has 2 aliphatic carbocycles. The summed E-state index contributed by atoms with van der Waals surface area (Å²) in [6, 6.07) is 0. The lowest BCUT2D eigenvalue weighted by molar-refractivity contribution is 0.0909. The summed E-state index contributed by atoms with van der Waals surface area (Å²) in [6.45, 7) is 14.0. The van der Waals surface area contributed by atoms with E-state index in [0.29, 0.717) is 6.61 Å². The minimum Gasteiger partial charge on any atom is -0.380 e. The number of rotatable bonds is 5. The van der Waals surface area contributed by atoms with Gasteiger partial charge in [0, 0.05) is 12.5 Å². The number of hydrogen-bond acceptors (Lipinski definition) is 2. The molecule has 26 heavy (non-hydrogen) atoms. The fourth-order valence-corrected chi connectivity index (χ4v) is 3.89. The smallest absolute Gasteiger partial charge is 0.104 e. The lowest BCUT2D eigenvalue weighted by Crippen LogP contribution is -2.23. The van der Waals surface area contributed by atoms with Crippen LogP contribution in [0.5, 0.6) is 0 Å². The van der Waals surface area contributed by atoms with Crippen LogP contribution in [-0.2, 0) is 9.47 Å². The molecule has 1 saturated carbocycles. The SMILES string of the molecule is C.C/C=C\C=C1/COC23CC12C=C(COC)C=C3CCC.CC.CCC. The molecule has 0 spiro atoms. The zero-order valence-electron chi connectivity index (χ0n) is 17.4. The van der Waals surface area contributed by atoms with Crippen molar-refractivity contribution in [3.05, 3.63) is 47.1 Å². The Morgan fingerprint density at radius 2 is 1.88 bits per heavy atom. The van der Waals surface area contributed by atoms with Crippen LogP contribution in [0, 0.1) is 5.41 Å². The van der Waals surface area contributed by atoms with Crippen molar-refractivity contribution >= 4 is 0 Å². The van der Waals surface area contributed by atoms with Crippen molar-refractivity contribution in [2.45, 2.75) is 80.3 Å². The van der Waals surface area contributed by atoms with Gasteiger partial charge in [0.25, 0.3) is 0 Å². The van der Waals surface area contributed by atoms with Crippen molar-refractivity contribution in [1.29, 1.82) is 0 Å². The quantitative estimate of drug-likeness (QED) is 0.522. The summed E-state index contributed by atoms with van der Waals surface area (Å²) in [4.78, 5) is 0. The van der Waals surface area contributed by atoms with Crippen molar-refractivity contribution in [2.75, 3.05) is 20.3 Å². The molecule has 2 unspecified atom stereocenters. The first kappa shape index (κ1) is 24.9. The Labute approximate surface area is 163 Å². The number of hydrogen-bond donors (Lipinski definition) is 0. The van der Waals surface area contributed by atoms with Gasteiger partial charge >= 0.3 is 0 Å². The molecular weight excluding hydrogens is 320 g/mol. The normalized spacial score (nSPS) is 29.3. The van der Waals surface area contributed by atoms with Crippen LogP contribution < -0.4 is 0 Å². The molecule has 0 radical (unpaired) electrons. The van der Waals surface area contributed by atoms with E-state index >= 15 is 0 Å². The maximum absolute atomic E-state index is 6.25. The van der Waals surface area contributed by atoms with E-state index in [1.54, 1.807) is 7.11 Å². The molecule has 0 aromatic carbocycles. The summed E-state index contributed by atoms with van der Waals surface area (Å²) in [6.07, 6.45) is 15.8. The number of methoxy groups -OCH3 is 1. The van der Waals surface area contributed by atoms with Gasteiger partial charge in [-0.2, -0.15) is 0 Å². The van der Waals surface area contributed by atoms with Gasteiger partial charge < -0.3 is 9.47 Å². The predicted molar refractivity (Wildman–Crippen MR) is 116 cm³/mol. The first-order valence-corrected chi connectivity index (χ1v) is 10.0. The Kier molecular flexibility index (Phi) is 11.1. The van der Waals surface area contributed by atoms with E-state index in [1.165, 1.54) is 29.6 Å². The summed E-state index contributed by atoms with van der Waals surface area (Å²) in [5, 5.41) is 0. The van der Waals surface area contributed by atoms with E-state index in [0.717, 1.165) is 19.4 Å². The first-order chi connectivity index (χ1) is 12.1. The van der Waals surface area contributed by atoms with Crippen LogP contribution in [0.1, 0.15) is 74.7 Å². The maximum Gasteiger partial charge on any atom is 0.104 e. The maximum atomic E-state index is 6.25. The molecule has 2 heteroatoms. The minimum atomic E-state index is -0.0202. The molecule has 1 heterocycles. The molecule has 1 aliphatic heterocycles. The number of ether oxygens (including phenoxy) is 2. The zero-order chi connectivity index (χ0) is 18.9. The van der Waals surface area contributed by atoms with Crippen LogP contribution in [-0.4, -0.2) is 25.9 Å². The van der Waals surface area contributed by atoms with Crippen molar-refractivity contribution in [3.8, 4) is 0 Å². The van der Waals surface area contributed by atoms with Gasteiger partial charge in [-0.05, 0) is 36.5 Å². The van der Waals surface area contributed by atoms with Crippen molar-refractivity contribution in [3.63, 3.8) is 0 Å². The molecule has 2 atom stereocenters. The van der Waals surface area contributed by atoms with Gasteiger partial charge in [-0.3, -0.25) is 0 Å². The molecule has 2 fully saturated rings. The van der Waals surface area contributed by atoms with Gasteiger partial charge in [-0.15, -0.1) is 0 Å². The summed E-state index contributed by atoms with van der Waals surface area (Å²) in [5.41, 5.74) is 4.30. The van der Waals surface area contributed by atoms with E-state index in [4.69, 9.17) is 9.47 Å². The average molecular weight is 363 g/mol. The summed E-state index contributed by atoms with van der Waals surface area (Å²) < 4.78 is 11.6. The second kappa shape index (κ2) is 11.6. The van der Waals surface area contributed by atoms with E-state index in [-0.39, 0.29) is 18.4 Å². The van der Waals surface area contributed by atoms with Crippen LogP contribution in [0.3, 0.4) is 0 Å². The second-order valence-electron chi connectivity index (χ2n) is 6.76.